The van der Waals surface area contributed by atoms with Crippen molar-refractivity contribution in [2.75, 3.05) is 5.75 Å². The number of halogens is 1. The second kappa shape index (κ2) is 8.69. The summed E-state index contributed by atoms with van der Waals surface area (Å²) >= 11 is 7.10. The molecule has 1 N–H and O–H groups in total. The van der Waals surface area contributed by atoms with Crippen molar-refractivity contribution in [1.82, 2.24) is 14.9 Å². The molecule has 0 fully saturated rings. The van der Waals surface area contributed by atoms with Gasteiger partial charge in [-0.25, -0.2) is 4.98 Å². The van der Waals surface area contributed by atoms with Gasteiger partial charge in [0.25, 0.3) is 5.56 Å². The third-order valence-corrected chi connectivity index (χ3v) is 4.76. The van der Waals surface area contributed by atoms with Gasteiger partial charge in [-0.15, -0.1) is 0 Å². The van der Waals surface area contributed by atoms with E-state index in [1.165, 1.54) is 10.8 Å². The first-order valence-corrected chi connectivity index (χ1v) is 9.27. The largest absolute Gasteiger partial charge is 0.351 e. The fraction of sp³-hybridized carbons (Fsp3) is 0.105. The molecule has 3 aromatic rings. The van der Waals surface area contributed by atoms with Crippen LogP contribution in [0.25, 0.3) is 5.69 Å². The van der Waals surface area contributed by atoms with E-state index in [1.54, 1.807) is 30.5 Å². The molecule has 0 spiro atoms. The normalized spacial score (nSPS) is 10.5. The first kappa shape index (κ1) is 18.2. The minimum absolute atomic E-state index is 0.120. The molecular formula is C19H16ClN3O2S. The molecule has 1 aromatic heterocycles. The summed E-state index contributed by atoms with van der Waals surface area (Å²) in [5, 5.41) is 3.64. The molecule has 1 amide bonds. The van der Waals surface area contributed by atoms with Crippen molar-refractivity contribution in [1.29, 1.82) is 0 Å². The van der Waals surface area contributed by atoms with Gasteiger partial charge in [0.1, 0.15) is 0 Å². The van der Waals surface area contributed by atoms with E-state index in [4.69, 9.17) is 11.6 Å². The number of nitrogens with one attached hydrogen (secondary N) is 1. The van der Waals surface area contributed by atoms with Crippen molar-refractivity contribution in [2.24, 2.45) is 0 Å². The summed E-state index contributed by atoms with van der Waals surface area (Å²) in [6, 6.07) is 16.6. The number of hydrogen-bond acceptors (Lipinski definition) is 4. The average Bonchev–Trinajstić information content (AvgIpc) is 2.66. The molecule has 2 aromatic carbocycles. The molecular weight excluding hydrogens is 370 g/mol. The van der Waals surface area contributed by atoms with Crippen molar-refractivity contribution >= 4 is 29.3 Å². The van der Waals surface area contributed by atoms with Crippen LogP contribution in [0.3, 0.4) is 0 Å². The Labute approximate surface area is 160 Å². The summed E-state index contributed by atoms with van der Waals surface area (Å²) in [4.78, 5) is 28.7. The van der Waals surface area contributed by atoms with Crippen LogP contribution < -0.4 is 10.9 Å². The highest BCUT2D eigenvalue weighted by atomic mass is 35.5. The third-order valence-electron chi connectivity index (χ3n) is 3.57. The molecule has 0 atom stereocenters. The maximum absolute atomic E-state index is 12.6. The van der Waals surface area contributed by atoms with Gasteiger partial charge in [-0.1, -0.05) is 59.8 Å². The Morgan fingerprint density at radius 1 is 1.15 bits per heavy atom. The quantitative estimate of drug-likeness (QED) is 0.661. The lowest BCUT2D eigenvalue weighted by Gasteiger charge is -2.08. The number of nitrogens with zero attached hydrogens (tertiary/aromatic N) is 2. The molecule has 26 heavy (non-hydrogen) atoms. The van der Waals surface area contributed by atoms with Gasteiger partial charge in [-0.05, 0) is 23.8 Å². The smallest absolute Gasteiger partial charge is 0.287 e. The molecule has 0 bridgehead atoms. The summed E-state index contributed by atoms with van der Waals surface area (Å²) in [7, 11) is 0. The van der Waals surface area contributed by atoms with Crippen molar-refractivity contribution in [3.8, 4) is 5.69 Å². The van der Waals surface area contributed by atoms with Gasteiger partial charge < -0.3 is 5.32 Å². The standard InChI is InChI=1S/C19H16ClN3O2S/c20-15-7-4-8-16(11-15)23-10-9-21-18(19(23)25)26-13-17(24)22-12-14-5-2-1-3-6-14/h1-11H,12-13H2,(H,22,24). The van der Waals surface area contributed by atoms with Crippen molar-refractivity contribution < 1.29 is 4.79 Å². The number of aromatic nitrogens is 2. The van der Waals surface area contributed by atoms with Crippen LogP contribution in [0.5, 0.6) is 0 Å². The SMILES string of the molecule is O=C(CSc1nccn(-c2cccc(Cl)c2)c1=O)NCc1ccccc1. The molecule has 3 rings (SSSR count). The van der Waals surface area contributed by atoms with Crippen molar-refractivity contribution in [3.63, 3.8) is 0 Å². The molecule has 0 aliphatic heterocycles. The van der Waals surface area contributed by atoms with E-state index >= 15 is 0 Å². The molecule has 0 aliphatic rings. The molecule has 0 unspecified atom stereocenters. The van der Waals surface area contributed by atoms with E-state index in [2.05, 4.69) is 10.3 Å². The summed E-state index contributed by atoms with van der Waals surface area (Å²) in [5.74, 6) is -0.0348. The lowest BCUT2D eigenvalue weighted by Crippen LogP contribution is -2.26. The predicted octanol–water partition coefficient (Wildman–Crippen LogP) is 3.29. The summed E-state index contributed by atoms with van der Waals surface area (Å²) in [6.45, 7) is 0.454. The fourth-order valence-corrected chi connectivity index (χ4v) is 3.22. The van der Waals surface area contributed by atoms with E-state index in [-0.39, 0.29) is 22.2 Å². The highest BCUT2D eigenvalue weighted by Crippen LogP contribution is 2.15. The number of carbonyl (C=O) groups is 1. The number of carbonyl (C=O) groups excluding carboxylic acids is 1. The average molecular weight is 386 g/mol. The van der Waals surface area contributed by atoms with Gasteiger partial charge in [0.15, 0.2) is 5.03 Å². The van der Waals surface area contributed by atoms with Gasteiger partial charge in [0.2, 0.25) is 5.91 Å². The zero-order valence-electron chi connectivity index (χ0n) is 13.8. The van der Waals surface area contributed by atoms with E-state index in [1.807, 2.05) is 30.3 Å². The molecule has 0 saturated carbocycles. The molecule has 5 nitrogen and oxygen atoms in total. The summed E-state index contributed by atoms with van der Waals surface area (Å²) in [5.41, 5.74) is 1.39. The summed E-state index contributed by atoms with van der Waals surface area (Å²) in [6.07, 6.45) is 3.11. The van der Waals surface area contributed by atoms with Crippen LogP contribution in [0, 0.1) is 0 Å². The number of thioether (sulfide) groups is 1. The second-order valence-electron chi connectivity index (χ2n) is 5.44. The highest BCUT2D eigenvalue weighted by Gasteiger charge is 2.10. The fourth-order valence-electron chi connectivity index (χ4n) is 2.30. The Balaban J connectivity index is 1.64. The first-order chi connectivity index (χ1) is 12.6. The Morgan fingerprint density at radius 2 is 1.96 bits per heavy atom. The number of benzene rings is 2. The Morgan fingerprint density at radius 3 is 2.73 bits per heavy atom. The molecule has 7 heteroatoms. The maximum atomic E-state index is 12.6. The van der Waals surface area contributed by atoms with Crippen LogP contribution in [-0.4, -0.2) is 21.2 Å². The zero-order chi connectivity index (χ0) is 18.4. The number of hydrogen-bond donors (Lipinski definition) is 1. The van der Waals surface area contributed by atoms with Crippen LogP contribution in [0.2, 0.25) is 5.02 Å². The first-order valence-electron chi connectivity index (χ1n) is 7.90. The molecule has 0 aliphatic carbocycles. The Hall–Kier alpha value is -2.57. The van der Waals surface area contributed by atoms with Crippen LogP contribution in [0.1, 0.15) is 5.56 Å². The number of rotatable bonds is 6. The Bertz CT molecular complexity index is 960. The lowest BCUT2D eigenvalue weighted by molar-refractivity contribution is -0.118. The van der Waals surface area contributed by atoms with E-state index in [0.29, 0.717) is 17.3 Å². The van der Waals surface area contributed by atoms with Crippen LogP contribution in [-0.2, 0) is 11.3 Å². The lowest BCUT2D eigenvalue weighted by atomic mass is 10.2. The minimum Gasteiger partial charge on any atom is -0.351 e. The van der Waals surface area contributed by atoms with Crippen molar-refractivity contribution in [3.05, 3.63) is 87.9 Å². The molecule has 132 valence electrons. The third kappa shape index (κ3) is 4.74. The second-order valence-corrected chi connectivity index (χ2v) is 6.84. The van der Waals surface area contributed by atoms with Gasteiger partial charge in [0.05, 0.1) is 11.4 Å². The monoisotopic (exact) mass is 385 g/mol. The Kier molecular flexibility index (Phi) is 6.09. The zero-order valence-corrected chi connectivity index (χ0v) is 15.3. The van der Waals surface area contributed by atoms with Crippen molar-refractivity contribution in [2.45, 2.75) is 11.6 Å². The highest BCUT2D eigenvalue weighted by molar-refractivity contribution is 7.99. The van der Waals surface area contributed by atoms with E-state index in [0.717, 1.165) is 17.3 Å². The van der Waals surface area contributed by atoms with Gasteiger partial charge >= 0.3 is 0 Å². The predicted molar refractivity (Wildman–Crippen MR) is 104 cm³/mol. The van der Waals surface area contributed by atoms with Crippen LogP contribution in [0.4, 0.5) is 0 Å². The molecule has 0 radical (unpaired) electrons. The minimum atomic E-state index is -0.282. The van der Waals surface area contributed by atoms with Gasteiger partial charge in [0, 0.05) is 24.0 Å². The van der Waals surface area contributed by atoms with E-state index in [9.17, 15) is 9.59 Å². The summed E-state index contributed by atoms with van der Waals surface area (Å²) < 4.78 is 1.46. The van der Waals surface area contributed by atoms with Gasteiger partial charge in [-0.2, -0.15) is 0 Å². The molecule has 0 saturated heterocycles. The van der Waals surface area contributed by atoms with Gasteiger partial charge in [-0.3, -0.25) is 14.2 Å². The topological polar surface area (TPSA) is 64.0 Å². The maximum Gasteiger partial charge on any atom is 0.287 e. The van der Waals surface area contributed by atoms with E-state index < -0.39 is 0 Å². The molecule has 1 heterocycles. The van der Waals surface area contributed by atoms with Crippen LogP contribution >= 0.6 is 23.4 Å². The van der Waals surface area contributed by atoms with Crippen LogP contribution in [0.15, 0.2) is 76.8 Å². The number of amides is 1.